The molecule has 2 aromatic rings. The minimum Gasteiger partial charge on any atom is -0.497 e. The Bertz CT molecular complexity index is 569. The van der Waals surface area contributed by atoms with Crippen molar-refractivity contribution in [1.29, 1.82) is 5.41 Å². The molecule has 1 aromatic heterocycles. The van der Waals surface area contributed by atoms with Crippen LogP contribution in [0.15, 0.2) is 36.5 Å². The van der Waals surface area contributed by atoms with Crippen molar-refractivity contribution >= 4 is 5.84 Å². The third kappa shape index (κ3) is 3.41. The molecule has 0 aliphatic carbocycles. The monoisotopic (exact) mass is 258 g/mol. The first-order valence-corrected chi connectivity index (χ1v) is 5.62. The Labute approximate surface area is 110 Å². The second kappa shape index (κ2) is 5.81. The van der Waals surface area contributed by atoms with Gasteiger partial charge in [-0.15, -0.1) is 0 Å². The van der Waals surface area contributed by atoms with Crippen LogP contribution >= 0.6 is 0 Å². The number of nitrogen functional groups attached to an aromatic ring is 1. The Balaban J connectivity index is 2.01. The first-order valence-electron chi connectivity index (χ1n) is 5.62. The van der Waals surface area contributed by atoms with Crippen molar-refractivity contribution in [3.8, 4) is 11.8 Å². The van der Waals surface area contributed by atoms with E-state index in [1.807, 2.05) is 24.3 Å². The Morgan fingerprint density at radius 3 is 2.63 bits per heavy atom. The van der Waals surface area contributed by atoms with Crippen molar-refractivity contribution in [3.05, 3.63) is 47.8 Å². The highest BCUT2D eigenvalue weighted by Gasteiger charge is 2.03. The van der Waals surface area contributed by atoms with E-state index < -0.39 is 0 Å². The zero-order valence-corrected chi connectivity index (χ0v) is 10.5. The maximum Gasteiger partial charge on any atom is 0.317 e. The number of nitrogens with zero attached hydrogens (tertiary/aromatic N) is 2. The second-order valence-corrected chi connectivity index (χ2v) is 3.77. The number of hydrogen-bond acceptors (Lipinski definition) is 5. The highest BCUT2D eigenvalue weighted by Crippen LogP contribution is 2.13. The van der Waals surface area contributed by atoms with Crippen LogP contribution in [0.4, 0.5) is 0 Å². The lowest BCUT2D eigenvalue weighted by atomic mass is 10.2. The summed E-state index contributed by atoms with van der Waals surface area (Å²) in [6, 6.07) is 9.25. The summed E-state index contributed by atoms with van der Waals surface area (Å²) in [4.78, 5) is 7.97. The van der Waals surface area contributed by atoms with Crippen LogP contribution in [0.25, 0.3) is 0 Å². The van der Waals surface area contributed by atoms with Crippen LogP contribution < -0.4 is 15.2 Å². The van der Waals surface area contributed by atoms with Gasteiger partial charge in [0.15, 0.2) is 0 Å². The van der Waals surface area contributed by atoms with Gasteiger partial charge in [0, 0.05) is 6.20 Å². The van der Waals surface area contributed by atoms with E-state index in [4.69, 9.17) is 20.6 Å². The number of hydrogen-bond donors (Lipinski definition) is 2. The summed E-state index contributed by atoms with van der Waals surface area (Å²) >= 11 is 0. The molecular weight excluding hydrogens is 244 g/mol. The highest BCUT2D eigenvalue weighted by atomic mass is 16.5. The van der Waals surface area contributed by atoms with Gasteiger partial charge in [-0.2, -0.15) is 4.98 Å². The fourth-order valence-corrected chi connectivity index (χ4v) is 1.43. The quantitative estimate of drug-likeness (QED) is 0.623. The number of nitrogens with two attached hydrogens (primary N) is 1. The van der Waals surface area contributed by atoms with E-state index in [1.54, 1.807) is 13.2 Å². The van der Waals surface area contributed by atoms with Gasteiger partial charge in [-0.25, -0.2) is 4.98 Å². The Kier molecular flexibility index (Phi) is 3.92. The van der Waals surface area contributed by atoms with Crippen LogP contribution in [-0.4, -0.2) is 22.9 Å². The average Bonchev–Trinajstić information content (AvgIpc) is 2.46. The number of benzene rings is 1. The summed E-state index contributed by atoms with van der Waals surface area (Å²) in [7, 11) is 1.62. The van der Waals surface area contributed by atoms with Crippen molar-refractivity contribution in [3.63, 3.8) is 0 Å². The van der Waals surface area contributed by atoms with Gasteiger partial charge in [0.1, 0.15) is 23.9 Å². The van der Waals surface area contributed by atoms with Crippen LogP contribution in [0.5, 0.6) is 11.8 Å². The Morgan fingerprint density at radius 1 is 1.26 bits per heavy atom. The van der Waals surface area contributed by atoms with E-state index in [9.17, 15) is 0 Å². The number of ether oxygens (including phenoxy) is 2. The summed E-state index contributed by atoms with van der Waals surface area (Å²) in [6.07, 6.45) is 1.51. The first kappa shape index (κ1) is 12.8. The van der Waals surface area contributed by atoms with Crippen molar-refractivity contribution < 1.29 is 9.47 Å². The summed E-state index contributed by atoms with van der Waals surface area (Å²) in [5.41, 5.74) is 6.66. The lowest BCUT2D eigenvalue weighted by Crippen LogP contribution is -2.14. The Hall–Kier alpha value is -2.63. The van der Waals surface area contributed by atoms with Crippen LogP contribution in [0, 0.1) is 5.41 Å². The van der Waals surface area contributed by atoms with E-state index >= 15 is 0 Å². The predicted octanol–water partition coefficient (Wildman–Crippen LogP) is 1.35. The van der Waals surface area contributed by atoms with Gasteiger partial charge in [0.2, 0.25) is 0 Å². The smallest absolute Gasteiger partial charge is 0.317 e. The molecule has 6 heteroatoms. The molecule has 0 bridgehead atoms. The lowest BCUT2D eigenvalue weighted by Gasteiger charge is -2.06. The largest absolute Gasteiger partial charge is 0.497 e. The summed E-state index contributed by atoms with van der Waals surface area (Å²) < 4.78 is 10.5. The van der Waals surface area contributed by atoms with E-state index in [2.05, 4.69) is 9.97 Å². The maximum absolute atomic E-state index is 7.29. The molecule has 0 saturated carbocycles. The molecule has 1 heterocycles. The fraction of sp³-hybridized carbons (Fsp3) is 0.154. The molecule has 3 N–H and O–H groups in total. The van der Waals surface area contributed by atoms with Crippen molar-refractivity contribution in [2.24, 2.45) is 5.73 Å². The predicted molar refractivity (Wildman–Crippen MR) is 70.4 cm³/mol. The lowest BCUT2D eigenvalue weighted by molar-refractivity contribution is 0.280. The first-order chi connectivity index (χ1) is 9.19. The molecule has 0 aliphatic rings. The second-order valence-electron chi connectivity index (χ2n) is 3.77. The SMILES string of the molecule is COc1ccc(COc2nccc(C(=N)N)n2)cc1. The average molecular weight is 258 g/mol. The van der Waals surface area contributed by atoms with Gasteiger partial charge in [-0.05, 0) is 23.8 Å². The van der Waals surface area contributed by atoms with Gasteiger partial charge < -0.3 is 15.2 Å². The van der Waals surface area contributed by atoms with Crippen LogP contribution in [-0.2, 0) is 6.61 Å². The summed E-state index contributed by atoms with van der Waals surface area (Å²) in [5.74, 6) is 0.676. The standard InChI is InChI=1S/C13H14N4O2/c1-18-10-4-2-9(3-5-10)8-19-13-16-7-6-11(17-13)12(14)15/h2-7H,8H2,1H3,(H3,14,15). The molecule has 0 saturated heterocycles. The van der Waals surface area contributed by atoms with Gasteiger partial charge in [0.25, 0.3) is 0 Å². The number of nitrogens with one attached hydrogen (secondary N) is 1. The molecule has 19 heavy (non-hydrogen) atoms. The van der Waals surface area contributed by atoms with E-state index in [0.29, 0.717) is 12.3 Å². The molecule has 0 radical (unpaired) electrons. The van der Waals surface area contributed by atoms with Crippen molar-refractivity contribution in [2.45, 2.75) is 6.61 Å². The topological polar surface area (TPSA) is 94.1 Å². The molecule has 0 amide bonds. The molecule has 98 valence electrons. The molecule has 0 unspecified atom stereocenters. The zero-order valence-electron chi connectivity index (χ0n) is 10.5. The van der Waals surface area contributed by atoms with Crippen LogP contribution in [0.1, 0.15) is 11.3 Å². The zero-order chi connectivity index (χ0) is 13.7. The number of aromatic nitrogens is 2. The Morgan fingerprint density at radius 2 is 2.00 bits per heavy atom. The highest BCUT2D eigenvalue weighted by molar-refractivity contribution is 5.92. The minimum absolute atomic E-state index is 0.114. The van der Waals surface area contributed by atoms with Gasteiger partial charge in [0.05, 0.1) is 7.11 Å². The van der Waals surface area contributed by atoms with E-state index in [1.165, 1.54) is 6.20 Å². The molecule has 0 fully saturated rings. The normalized spacial score (nSPS) is 9.95. The molecular formula is C13H14N4O2. The van der Waals surface area contributed by atoms with E-state index in [-0.39, 0.29) is 11.8 Å². The van der Waals surface area contributed by atoms with Crippen molar-refractivity contribution in [2.75, 3.05) is 7.11 Å². The molecule has 0 atom stereocenters. The summed E-state index contributed by atoms with van der Waals surface area (Å²) in [6.45, 7) is 0.339. The third-order valence-electron chi connectivity index (χ3n) is 2.44. The number of methoxy groups -OCH3 is 1. The van der Waals surface area contributed by atoms with Crippen molar-refractivity contribution in [1.82, 2.24) is 9.97 Å². The molecule has 6 nitrogen and oxygen atoms in total. The number of amidine groups is 1. The van der Waals surface area contributed by atoms with E-state index in [0.717, 1.165) is 11.3 Å². The summed E-state index contributed by atoms with van der Waals surface area (Å²) in [5, 5.41) is 7.29. The number of rotatable bonds is 5. The molecule has 1 aromatic carbocycles. The fourth-order valence-electron chi connectivity index (χ4n) is 1.43. The van der Waals surface area contributed by atoms with Gasteiger partial charge >= 0.3 is 6.01 Å². The third-order valence-corrected chi connectivity index (χ3v) is 2.44. The van der Waals surface area contributed by atoms with Gasteiger partial charge in [-0.3, -0.25) is 5.41 Å². The molecule has 2 rings (SSSR count). The van der Waals surface area contributed by atoms with Gasteiger partial charge in [-0.1, -0.05) is 12.1 Å². The molecule has 0 aliphatic heterocycles. The molecule has 0 spiro atoms. The van der Waals surface area contributed by atoms with Crippen LogP contribution in [0.2, 0.25) is 0 Å². The van der Waals surface area contributed by atoms with Crippen LogP contribution in [0.3, 0.4) is 0 Å². The minimum atomic E-state index is -0.114. The maximum atomic E-state index is 7.29.